The Bertz CT molecular complexity index is 1110. The minimum Gasteiger partial charge on any atom is -0.497 e. The molecular formula is C21H18ClN3O4. The van der Waals surface area contributed by atoms with Crippen LogP contribution in [0.5, 0.6) is 5.75 Å². The summed E-state index contributed by atoms with van der Waals surface area (Å²) in [5.74, 6) is -0.769. The van der Waals surface area contributed by atoms with E-state index in [0.29, 0.717) is 16.8 Å². The second-order valence-corrected chi connectivity index (χ2v) is 6.57. The van der Waals surface area contributed by atoms with Gasteiger partial charge in [0.05, 0.1) is 24.1 Å². The van der Waals surface area contributed by atoms with Crippen LogP contribution in [0.2, 0.25) is 5.15 Å². The van der Waals surface area contributed by atoms with E-state index in [1.807, 2.05) is 12.1 Å². The molecule has 1 atom stereocenters. The number of allylic oxidation sites excluding steroid dienone is 2. The minimum atomic E-state index is -0.877. The lowest BCUT2D eigenvalue weighted by atomic mass is 9.83. The fraction of sp³-hybridized carbons (Fsp3) is 0.190. The molecule has 1 aromatic carbocycles. The van der Waals surface area contributed by atoms with Gasteiger partial charge in [-0.25, -0.2) is 9.78 Å². The summed E-state index contributed by atoms with van der Waals surface area (Å²) in [5.41, 5.74) is 7.16. The zero-order valence-corrected chi connectivity index (χ0v) is 16.6. The molecule has 2 heterocycles. The normalized spacial score (nSPS) is 16.3. The highest BCUT2D eigenvalue weighted by atomic mass is 35.5. The fourth-order valence-electron chi connectivity index (χ4n) is 3.14. The lowest BCUT2D eigenvalue weighted by molar-refractivity contribution is -0.138. The molecule has 8 heteroatoms. The van der Waals surface area contributed by atoms with E-state index in [4.69, 9.17) is 31.5 Å². The Hall–Kier alpha value is -3.50. The van der Waals surface area contributed by atoms with Crippen molar-refractivity contribution in [2.75, 3.05) is 13.7 Å². The molecule has 29 heavy (non-hydrogen) atoms. The van der Waals surface area contributed by atoms with Gasteiger partial charge in [-0.1, -0.05) is 24.3 Å². The average molecular weight is 412 g/mol. The van der Waals surface area contributed by atoms with Crippen LogP contribution >= 0.6 is 11.6 Å². The number of methoxy groups -OCH3 is 1. The molecule has 2 N–H and O–H groups in total. The van der Waals surface area contributed by atoms with Crippen LogP contribution in [0.4, 0.5) is 0 Å². The molecule has 2 aromatic rings. The van der Waals surface area contributed by atoms with Gasteiger partial charge in [0.25, 0.3) is 0 Å². The highest BCUT2D eigenvalue weighted by Crippen LogP contribution is 2.42. The highest BCUT2D eigenvalue weighted by molar-refractivity contribution is 6.30. The Kier molecular flexibility index (Phi) is 5.76. The molecule has 0 spiro atoms. The largest absolute Gasteiger partial charge is 0.497 e. The number of ether oxygens (including phenoxy) is 3. The van der Waals surface area contributed by atoms with E-state index in [9.17, 15) is 10.1 Å². The maximum Gasteiger partial charge on any atom is 0.338 e. The van der Waals surface area contributed by atoms with Gasteiger partial charge in [-0.15, -0.1) is 0 Å². The van der Waals surface area contributed by atoms with Gasteiger partial charge in [-0.3, -0.25) is 0 Å². The number of fused-ring (bicyclic) bond motifs is 1. The maximum absolute atomic E-state index is 12.7. The van der Waals surface area contributed by atoms with Gasteiger partial charge in [-0.05, 0) is 25.1 Å². The molecule has 0 saturated heterocycles. The van der Waals surface area contributed by atoms with Gasteiger partial charge in [0.15, 0.2) is 0 Å². The number of nitrogens with two attached hydrogens (primary N) is 1. The molecule has 0 bridgehead atoms. The minimum absolute atomic E-state index is 0.00686. The summed E-state index contributed by atoms with van der Waals surface area (Å²) >= 11 is 6.47. The van der Waals surface area contributed by atoms with Gasteiger partial charge in [0.1, 0.15) is 34.9 Å². The van der Waals surface area contributed by atoms with Crippen LogP contribution in [0.15, 0.2) is 59.7 Å². The number of hydrogen-bond acceptors (Lipinski definition) is 7. The first-order chi connectivity index (χ1) is 13.9. The maximum atomic E-state index is 12.7. The predicted molar refractivity (Wildman–Crippen MR) is 108 cm³/mol. The smallest absolute Gasteiger partial charge is 0.338 e. The summed E-state index contributed by atoms with van der Waals surface area (Å²) in [6, 6.07) is 9.11. The summed E-state index contributed by atoms with van der Waals surface area (Å²) < 4.78 is 15.8. The number of halogens is 1. The van der Waals surface area contributed by atoms with E-state index in [2.05, 4.69) is 11.6 Å². The van der Waals surface area contributed by atoms with Gasteiger partial charge < -0.3 is 19.9 Å². The standard InChI is InChI=1S/C21H18ClN3O4/c1-4-7-28-21(26)17-11(2)29-20(24)15(10-23)18(17)14-8-12-5-6-13(27-3)9-16(12)25-19(14)22/h4-6,8-9,18H,1,7,24H2,2-3H3. The van der Waals surface area contributed by atoms with Crippen LogP contribution in [0.1, 0.15) is 18.4 Å². The van der Waals surface area contributed by atoms with E-state index in [1.54, 1.807) is 32.2 Å². The van der Waals surface area contributed by atoms with Crippen molar-refractivity contribution in [1.29, 1.82) is 5.26 Å². The molecular weight excluding hydrogens is 394 g/mol. The number of esters is 1. The molecule has 0 aliphatic carbocycles. The van der Waals surface area contributed by atoms with Crippen molar-refractivity contribution in [2.24, 2.45) is 5.73 Å². The van der Waals surface area contributed by atoms with Crippen molar-refractivity contribution >= 4 is 28.5 Å². The van der Waals surface area contributed by atoms with Crippen LogP contribution in [-0.4, -0.2) is 24.7 Å². The number of carbonyl (C=O) groups is 1. The number of benzene rings is 1. The first-order valence-corrected chi connectivity index (χ1v) is 8.99. The molecule has 1 aromatic heterocycles. The third-order valence-corrected chi connectivity index (χ3v) is 4.78. The molecule has 3 rings (SSSR count). The van der Waals surface area contributed by atoms with Gasteiger partial charge in [0, 0.05) is 17.0 Å². The summed E-state index contributed by atoms with van der Waals surface area (Å²) in [5, 5.41) is 10.6. The van der Waals surface area contributed by atoms with E-state index < -0.39 is 11.9 Å². The fourth-order valence-corrected chi connectivity index (χ4v) is 3.39. The van der Waals surface area contributed by atoms with Crippen molar-refractivity contribution in [2.45, 2.75) is 12.8 Å². The molecule has 0 amide bonds. The summed E-state index contributed by atoms with van der Waals surface area (Å²) in [6.07, 6.45) is 1.44. The average Bonchev–Trinajstić information content (AvgIpc) is 2.70. The Morgan fingerprint density at radius 2 is 2.24 bits per heavy atom. The Balaban J connectivity index is 2.21. The Labute approximate surface area is 172 Å². The second-order valence-electron chi connectivity index (χ2n) is 6.21. The summed E-state index contributed by atoms with van der Waals surface area (Å²) in [7, 11) is 1.56. The third kappa shape index (κ3) is 3.75. The van der Waals surface area contributed by atoms with Gasteiger partial charge >= 0.3 is 5.97 Å². The van der Waals surface area contributed by atoms with Crippen LogP contribution in [0.25, 0.3) is 10.9 Å². The quantitative estimate of drug-likeness (QED) is 0.454. The van der Waals surface area contributed by atoms with E-state index in [1.165, 1.54) is 6.08 Å². The summed E-state index contributed by atoms with van der Waals surface area (Å²) in [4.78, 5) is 17.1. The number of nitrogens with zero attached hydrogens (tertiary/aromatic N) is 2. The number of aromatic nitrogens is 1. The van der Waals surface area contributed by atoms with E-state index >= 15 is 0 Å². The van der Waals surface area contributed by atoms with Crippen LogP contribution < -0.4 is 10.5 Å². The molecule has 0 radical (unpaired) electrons. The van der Waals surface area contributed by atoms with E-state index in [-0.39, 0.29) is 34.5 Å². The van der Waals surface area contributed by atoms with Crippen molar-refractivity contribution in [3.63, 3.8) is 0 Å². The Morgan fingerprint density at radius 3 is 2.90 bits per heavy atom. The first-order valence-electron chi connectivity index (χ1n) is 8.61. The monoisotopic (exact) mass is 411 g/mol. The van der Waals surface area contributed by atoms with Crippen molar-refractivity contribution in [3.05, 3.63) is 70.4 Å². The number of hydrogen-bond donors (Lipinski definition) is 1. The van der Waals surface area contributed by atoms with Gasteiger partial charge in [-0.2, -0.15) is 5.26 Å². The zero-order chi connectivity index (χ0) is 21.1. The molecule has 1 aliphatic rings. The molecule has 1 unspecified atom stereocenters. The molecule has 1 aliphatic heterocycles. The molecule has 7 nitrogen and oxygen atoms in total. The topological polar surface area (TPSA) is 107 Å². The van der Waals surface area contributed by atoms with E-state index in [0.717, 1.165) is 5.39 Å². The van der Waals surface area contributed by atoms with Crippen molar-refractivity contribution < 1.29 is 19.0 Å². The summed E-state index contributed by atoms with van der Waals surface area (Å²) in [6.45, 7) is 5.11. The lowest BCUT2D eigenvalue weighted by Gasteiger charge is -2.27. The lowest BCUT2D eigenvalue weighted by Crippen LogP contribution is -2.26. The van der Waals surface area contributed by atoms with Gasteiger partial charge in [0.2, 0.25) is 5.88 Å². The predicted octanol–water partition coefficient (Wildman–Crippen LogP) is 3.71. The third-order valence-electron chi connectivity index (χ3n) is 4.47. The number of rotatable bonds is 5. The SMILES string of the molecule is C=CCOC(=O)C1=C(C)OC(N)=C(C#N)C1c1cc2ccc(OC)cc2nc1Cl. The molecule has 0 saturated carbocycles. The number of nitriles is 1. The van der Waals surface area contributed by atoms with Crippen LogP contribution in [0, 0.1) is 11.3 Å². The second kappa shape index (κ2) is 8.25. The first kappa shape index (κ1) is 20.2. The van der Waals surface area contributed by atoms with Crippen LogP contribution in [-0.2, 0) is 14.3 Å². The zero-order valence-electron chi connectivity index (χ0n) is 15.9. The van der Waals surface area contributed by atoms with Crippen molar-refractivity contribution in [1.82, 2.24) is 4.98 Å². The number of pyridine rings is 1. The van der Waals surface area contributed by atoms with Crippen LogP contribution in [0.3, 0.4) is 0 Å². The number of carbonyl (C=O) groups excluding carboxylic acids is 1. The molecule has 148 valence electrons. The van der Waals surface area contributed by atoms with Crippen molar-refractivity contribution in [3.8, 4) is 11.8 Å². The Morgan fingerprint density at radius 1 is 1.48 bits per heavy atom. The highest BCUT2D eigenvalue weighted by Gasteiger charge is 2.37. The molecule has 0 fully saturated rings.